The van der Waals surface area contributed by atoms with Crippen LogP contribution in [0.3, 0.4) is 0 Å². The van der Waals surface area contributed by atoms with Gasteiger partial charge < -0.3 is 4.90 Å². The van der Waals surface area contributed by atoms with Gasteiger partial charge in [-0.3, -0.25) is 9.69 Å². The van der Waals surface area contributed by atoms with E-state index in [1.54, 1.807) is 4.31 Å². The standard InChI is InChI=1S/C21H39N3O3S/c1-6-23-11-7-8-18(23)15-24(13-12-22(4)5)28(26,27)16-21-10-9-17(14-19(21)25)20(21,2)3/h17-18H,6-16H2,1-5H3. The molecular weight excluding hydrogens is 374 g/mol. The van der Waals surface area contributed by atoms with Crippen molar-refractivity contribution in [1.82, 2.24) is 14.1 Å². The van der Waals surface area contributed by atoms with Gasteiger partial charge >= 0.3 is 0 Å². The van der Waals surface area contributed by atoms with Gasteiger partial charge in [0.1, 0.15) is 5.78 Å². The first-order valence-corrected chi connectivity index (χ1v) is 12.5. The number of ketones is 1. The lowest BCUT2D eigenvalue weighted by Gasteiger charge is -2.38. The minimum absolute atomic E-state index is 0.00535. The molecule has 7 heteroatoms. The highest BCUT2D eigenvalue weighted by atomic mass is 32.2. The molecule has 2 saturated carbocycles. The molecular formula is C21H39N3O3S. The number of Topliss-reactive ketones (excluding diaryl/α,β-unsaturated/α-hetero) is 1. The molecule has 0 aromatic heterocycles. The second kappa shape index (κ2) is 7.97. The Bertz CT molecular complexity index is 691. The summed E-state index contributed by atoms with van der Waals surface area (Å²) in [7, 11) is 0.440. The van der Waals surface area contributed by atoms with Crippen molar-refractivity contribution < 1.29 is 13.2 Å². The normalized spacial score (nSPS) is 32.9. The van der Waals surface area contributed by atoms with Crippen molar-refractivity contribution in [3.05, 3.63) is 0 Å². The van der Waals surface area contributed by atoms with Crippen molar-refractivity contribution >= 4 is 15.8 Å². The minimum Gasteiger partial charge on any atom is -0.308 e. The summed E-state index contributed by atoms with van der Waals surface area (Å²) in [5.41, 5.74) is -0.903. The monoisotopic (exact) mass is 413 g/mol. The zero-order valence-corrected chi connectivity index (χ0v) is 19.2. The molecule has 0 aromatic carbocycles. The molecule has 28 heavy (non-hydrogen) atoms. The number of sulfonamides is 1. The fourth-order valence-electron chi connectivity index (χ4n) is 5.92. The summed E-state index contributed by atoms with van der Waals surface area (Å²) in [6.45, 7) is 10.1. The predicted octanol–water partition coefficient (Wildman–Crippen LogP) is 2.06. The first-order chi connectivity index (χ1) is 13.0. The van der Waals surface area contributed by atoms with Gasteiger partial charge in [0.05, 0.1) is 5.75 Å². The lowest BCUT2D eigenvalue weighted by Crippen LogP contribution is -2.50. The fraction of sp³-hybridized carbons (Fsp3) is 0.952. The van der Waals surface area contributed by atoms with Gasteiger partial charge in [0.15, 0.2) is 0 Å². The number of carbonyl (C=O) groups is 1. The lowest BCUT2D eigenvalue weighted by atomic mass is 9.70. The van der Waals surface area contributed by atoms with E-state index in [1.165, 1.54) is 0 Å². The number of fused-ring (bicyclic) bond motifs is 2. The van der Waals surface area contributed by atoms with Crippen LogP contribution < -0.4 is 0 Å². The van der Waals surface area contributed by atoms with Crippen LogP contribution in [0.15, 0.2) is 0 Å². The maximum atomic E-state index is 13.6. The van der Waals surface area contributed by atoms with Gasteiger partial charge in [0, 0.05) is 37.5 Å². The number of hydrogen-bond acceptors (Lipinski definition) is 5. The highest BCUT2D eigenvalue weighted by molar-refractivity contribution is 7.89. The van der Waals surface area contributed by atoms with Crippen LogP contribution >= 0.6 is 0 Å². The lowest BCUT2D eigenvalue weighted by molar-refractivity contribution is -0.128. The Morgan fingerprint density at radius 3 is 2.43 bits per heavy atom. The van der Waals surface area contributed by atoms with Crippen LogP contribution in [0.1, 0.15) is 52.9 Å². The van der Waals surface area contributed by atoms with Gasteiger partial charge in [-0.25, -0.2) is 8.42 Å². The molecule has 0 radical (unpaired) electrons. The molecule has 2 bridgehead atoms. The average molecular weight is 414 g/mol. The van der Waals surface area contributed by atoms with E-state index in [0.717, 1.165) is 38.8 Å². The second-order valence-electron chi connectivity index (χ2n) is 10.0. The molecule has 0 aromatic rings. The Balaban J connectivity index is 1.82. The quantitative estimate of drug-likeness (QED) is 0.579. The van der Waals surface area contributed by atoms with Crippen LogP contribution in [0.5, 0.6) is 0 Å². The number of likely N-dealkylation sites (tertiary alicyclic amines) is 1. The van der Waals surface area contributed by atoms with Gasteiger partial charge in [-0.2, -0.15) is 4.31 Å². The van der Waals surface area contributed by atoms with Gasteiger partial charge in [-0.1, -0.05) is 20.8 Å². The largest absolute Gasteiger partial charge is 0.308 e. The van der Waals surface area contributed by atoms with E-state index in [4.69, 9.17) is 0 Å². The van der Waals surface area contributed by atoms with E-state index >= 15 is 0 Å². The van der Waals surface area contributed by atoms with Crippen LogP contribution in [-0.4, -0.2) is 86.9 Å². The van der Waals surface area contributed by atoms with Crippen molar-refractivity contribution in [2.45, 2.75) is 58.9 Å². The molecule has 3 aliphatic rings. The molecule has 3 fully saturated rings. The summed E-state index contributed by atoms with van der Waals surface area (Å²) in [5, 5.41) is 0. The zero-order chi connectivity index (χ0) is 20.7. The number of hydrogen-bond donors (Lipinski definition) is 0. The molecule has 0 spiro atoms. The Hall–Kier alpha value is -0.500. The predicted molar refractivity (Wildman–Crippen MR) is 113 cm³/mol. The number of likely N-dealkylation sites (N-methyl/N-ethyl adjacent to an activating group) is 2. The average Bonchev–Trinajstić information content (AvgIpc) is 3.20. The first kappa shape index (κ1) is 22.2. The van der Waals surface area contributed by atoms with E-state index in [9.17, 15) is 13.2 Å². The molecule has 0 N–H and O–H groups in total. The zero-order valence-electron chi connectivity index (χ0n) is 18.4. The molecule has 3 atom stereocenters. The van der Waals surface area contributed by atoms with Crippen LogP contribution in [0.4, 0.5) is 0 Å². The number of rotatable bonds is 9. The summed E-state index contributed by atoms with van der Waals surface area (Å²) >= 11 is 0. The maximum absolute atomic E-state index is 13.6. The van der Waals surface area contributed by atoms with Crippen LogP contribution in [0.2, 0.25) is 0 Å². The molecule has 3 rings (SSSR count). The third kappa shape index (κ3) is 3.80. The van der Waals surface area contributed by atoms with E-state index < -0.39 is 15.4 Å². The number of carbonyl (C=O) groups excluding carboxylic acids is 1. The SMILES string of the molecule is CCN1CCCC1CN(CCN(C)C)S(=O)(=O)CC12CCC(CC1=O)C2(C)C. The Labute approximate surface area is 171 Å². The smallest absolute Gasteiger partial charge is 0.215 e. The van der Waals surface area contributed by atoms with Crippen molar-refractivity contribution in [2.24, 2.45) is 16.7 Å². The molecule has 162 valence electrons. The topological polar surface area (TPSA) is 60.9 Å². The van der Waals surface area contributed by atoms with Crippen LogP contribution in [0, 0.1) is 16.7 Å². The van der Waals surface area contributed by atoms with Gasteiger partial charge in [0.25, 0.3) is 0 Å². The van der Waals surface area contributed by atoms with Gasteiger partial charge in [-0.05, 0) is 64.2 Å². The highest BCUT2D eigenvalue weighted by Crippen LogP contribution is 2.64. The summed E-state index contributed by atoms with van der Waals surface area (Å²) in [6.07, 6.45) is 4.47. The van der Waals surface area contributed by atoms with E-state index in [2.05, 4.69) is 25.7 Å². The molecule has 0 amide bonds. The third-order valence-electron chi connectivity index (χ3n) is 8.08. The molecule has 1 heterocycles. The molecule has 6 nitrogen and oxygen atoms in total. The Kier molecular flexibility index (Phi) is 6.32. The fourth-order valence-corrected chi connectivity index (χ4v) is 8.16. The summed E-state index contributed by atoms with van der Waals surface area (Å²) in [6, 6.07) is 0.294. The molecule has 1 aliphatic heterocycles. The first-order valence-electron chi connectivity index (χ1n) is 10.9. The molecule has 1 saturated heterocycles. The van der Waals surface area contributed by atoms with Crippen molar-refractivity contribution in [1.29, 1.82) is 0 Å². The Morgan fingerprint density at radius 2 is 1.89 bits per heavy atom. The van der Waals surface area contributed by atoms with Crippen LogP contribution in [0.25, 0.3) is 0 Å². The van der Waals surface area contributed by atoms with Gasteiger partial charge in [0.2, 0.25) is 10.0 Å². The van der Waals surface area contributed by atoms with E-state index in [-0.39, 0.29) is 17.0 Å². The Morgan fingerprint density at radius 1 is 1.18 bits per heavy atom. The van der Waals surface area contributed by atoms with E-state index in [1.807, 2.05) is 19.0 Å². The van der Waals surface area contributed by atoms with Crippen molar-refractivity contribution in [3.8, 4) is 0 Å². The van der Waals surface area contributed by atoms with Crippen molar-refractivity contribution in [3.63, 3.8) is 0 Å². The summed E-state index contributed by atoms with van der Waals surface area (Å²) < 4.78 is 29.0. The second-order valence-corrected chi connectivity index (χ2v) is 12.0. The number of nitrogens with zero attached hydrogens (tertiary/aromatic N) is 3. The van der Waals surface area contributed by atoms with E-state index in [0.29, 0.717) is 38.0 Å². The molecule has 2 aliphatic carbocycles. The summed E-state index contributed by atoms with van der Waals surface area (Å²) in [4.78, 5) is 17.3. The maximum Gasteiger partial charge on any atom is 0.215 e. The highest BCUT2D eigenvalue weighted by Gasteiger charge is 2.65. The van der Waals surface area contributed by atoms with Crippen LogP contribution in [-0.2, 0) is 14.8 Å². The summed E-state index contributed by atoms with van der Waals surface area (Å²) in [5.74, 6) is 0.519. The van der Waals surface area contributed by atoms with Gasteiger partial charge in [-0.15, -0.1) is 0 Å². The molecule has 3 unspecified atom stereocenters. The van der Waals surface area contributed by atoms with Crippen molar-refractivity contribution in [2.75, 3.05) is 52.6 Å². The minimum atomic E-state index is -3.51. The third-order valence-corrected chi connectivity index (χ3v) is 10.1.